The maximum atomic E-state index is 12.1. The summed E-state index contributed by atoms with van der Waals surface area (Å²) < 4.78 is 15.6. The maximum Gasteiger partial charge on any atom is 0.316 e. The first kappa shape index (κ1) is 13.4. The minimum absolute atomic E-state index is 0.262. The fraction of sp³-hybridized carbons (Fsp3) is 0.429. The average Bonchev–Trinajstić information content (AvgIpc) is 2.45. The Kier molecular flexibility index (Phi) is 4.04. The molecule has 0 fully saturated rings. The first-order valence-electron chi connectivity index (χ1n) is 6.24. The summed E-state index contributed by atoms with van der Waals surface area (Å²) in [6.07, 6.45) is 0. The summed E-state index contributed by atoms with van der Waals surface area (Å²) in [5, 5.41) is 0. The summed E-state index contributed by atoms with van der Waals surface area (Å²) >= 11 is 0. The second kappa shape index (κ2) is 5.73. The summed E-state index contributed by atoms with van der Waals surface area (Å²) in [6, 6.07) is 4.91. The van der Waals surface area contributed by atoms with E-state index >= 15 is 0 Å². The van der Waals surface area contributed by atoms with Gasteiger partial charge in [-0.1, -0.05) is 0 Å². The van der Waals surface area contributed by atoms with E-state index in [0.717, 1.165) is 0 Å². The van der Waals surface area contributed by atoms with E-state index in [2.05, 4.69) is 0 Å². The number of benzene rings is 1. The van der Waals surface area contributed by atoms with Crippen LogP contribution in [0.1, 0.15) is 24.2 Å². The number of ether oxygens (including phenoxy) is 3. The third-order valence-electron chi connectivity index (χ3n) is 2.86. The Balaban J connectivity index is 2.17. The van der Waals surface area contributed by atoms with Crippen LogP contribution in [-0.4, -0.2) is 31.6 Å². The zero-order valence-electron chi connectivity index (χ0n) is 11.0. The highest BCUT2D eigenvalue weighted by Crippen LogP contribution is 2.31. The average molecular weight is 264 g/mol. The van der Waals surface area contributed by atoms with E-state index in [-0.39, 0.29) is 12.4 Å². The number of esters is 1. The van der Waals surface area contributed by atoms with Gasteiger partial charge >= 0.3 is 5.97 Å². The number of hydrogen-bond donors (Lipinski definition) is 0. The standard InChI is InChI=1S/C14H16O5/c1-3-17-14(16)9(2)13(15)10-4-5-11-12(8-10)19-7-6-18-11/h4-5,8-9H,3,6-7H2,1-2H3. The van der Waals surface area contributed by atoms with Gasteiger partial charge in [-0.15, -0.1) is 0 Å². The second-order valence-electron chi connectivity index (χ2n) is 4.20. The van der Waals surface area contributed by atoms with Crippen LogP contribution in [0.5, 0.6) is 11.5 Å². The highest BCUT2D eigenvalue weighted by molar-refractivity contribution is 6.08. The van der Waals surface area contributed by atoms with E-state index in [0.29, 0.717) is 30.3 Å². The molecule has 1 unspecified atom stereocenters. The zero-order valence-corrected chi connectivity index (χ0v) is 11.0. The van der Waals surface area contributed by atoms with Crippen molar-refractivity contribution in [2.75, 3.05) is 19.8 Å². The smallest absolute Gasteiger partial charge is 0.316 e. The lowest BCUT2D eigenvalue weighted by Gasteiger charge is -2.19. The third-order valence-corrected chi connectivity index (χ3v) is 2.86. The lowest BCUT2D eigenvalue weighted by Crippen LogP contribution is -2.24. The van der Waals surface area contributed by atoms with Gasteiger partial charge < -0.3 is 14.2 Å². The first-order chi connectivity index (χ1) is 9.13. The summed E-state index contributed by atoms with van der Waals surface area (Å²) in [4.78, 5) is 23.7. The molecule has 0 saturated heterocycles. The predicted octanol–water partition coefficient (Wildman–Crippen LogP) is 1.84. The number of hydrogen-bond acceptors (Lipinski definition) is 5. The fourth-order valence-corrected chi connectivity index (χ4v) is 1.82. The van der Waals surface area contributed by atoms with Crippen LogP contribution in [0.3, 0.4) is 0 Å². The summed E-state index contributed by atoms with van der Waals surface area (Å²) in [5.41, 5.74) is 0.421. The summed E-state index contributed by atoms with van der Waals surface area (Å²) in [5.74, 6) is -0.458. The molecule has 1 heterocycles. The molecule has 19 heavy (non-hydrogen) atoms. The lowest BCUT2D eigenvalue weighted by atomic mass is 9.99. The van der Waals surface area contributed by atoms with E-state index < -0.39 is 11.9 Å². The highest BCUT2D eigenvalue weighted by Gasteiger charge is 2.25. The largest absolute Gasteiger partial charge is 0.486 e. The Morgan fingerprint density at radius 3 is 2.63 bits per heavy atom. The number of carbonyl (C=O) groups is 2. The molecule has 1 aliphatic heterocycles. The molecule has 5 heteroatoms. The highest BCUT2D eigenvalue weighted by atomic mass is 16.6. The molecular formula is C14H16O5. The molecule has 1 atom stereocenters. The monoisotopic (exact) mass is 264 g/mol. The van der Waals surface area contributed by atoms with E-state index in [1.54, 1.807) is 25.1 Å². The van der Waals surface area contributed by atoms with E-state index in [1.165, 1.54) is 6.92 Å². The Bertz CT molecular complexity index is 495. The molecule has 5 nitrogen and oxygen atoms in total. The summed E-state index contributed by atoms with van der Waals surface area (Å²) in [6.45, 7) is 4.46. The second-order valence-corrected chi connectivity index (χ2v) is 4.20. The molecule has 0 bridgehead atoms. The van der Waals surface area contributed by atoms with E-state index in [4.69, 9.17) is 14.2 Å². The Labute approximate surface area is 111 Å². The molecule has 102 valence electrons. The van der Waals surface area contributed by atoms with Gasteiger partial charge in [0, 0.05) is 5.56 Å². The molecule has 0 aromatic heterocycles. The quantitative estimate of drug-likeness (QED) is 0.472. The van der Waals surface area contributed by atoms with Crippen LogP contribution in [-0.2, 0) is 9.53 Å². The Morgan fingerprint density at radius 1 is 1.26 bits per heavy atom. The third kappa shape index (κ3) is 2.86. The molecule has 0 aliphatic carbocycles. The number of Topliss-reactive ketones (excluding diaryl/α,β-unsaturated/α-hetero) is 1. The van der Waals surface area contributed by atoms with Crippen molar-refractivity contribution >= 4 is 11.8 Å². The molecule has 1 aliphatic rings. The molecule has 0 saturated carbocycles. The lowest BCUT2D eigenvalue weighted by molar-refractivity contribution is -0.145. The van der Waals surface area contributed by atoms with Crippen molar-refractivity contribution in [3.8, 4) is 11.5 Å². The van der Waals surface area contributed by atoms with Crippen LogP contribution in [0.25, 0.3) is 0 Å². The molecule has 0 amide bonds. The minimum atomic E-state index is -0.817. The van der Waals surface area contributed by atoms with Crippen LogP contribution in [0.15, 0.2) is 18.2 Å². The molecule has 0 spiro atoms. The van der Waals surface area contributed by atoms with Gasteiger partial charge in [0.2, 0.25) is 0 Å². The molecular weight excluding hydrogens is 248 g/mol. The van der Waals surface area contributed by atoms with Crippen molar-refractivity contribution in [1.82, 2.24) is 0 Å². The summed E-state index contributed by atoms with van der Waals surface area (Å²) in [7, 11) is 0. The number of rotatable bonds is 4. The van der Waals surface area contributed by atoms with Crippen molar-refractivity contribution in [3.63, 3.8) is 0 Å². The van der Waals surface area contributed by atoms with Gasteiger partial charge in [0.15, 0.2) is 17.3 Å². The SMILES string of the molecule is CCOC(=O)C(C)C(=O)c1ccc2c(c1)OCCO2. The van der Waals surface area contributed by atoms with Gasteiger partial charge in [-0.25, -0.2) is 0 Å². The number of ketones is 1. The normalized spacial score (nSPS) is 14.6. The van der Waals surface area contributed by atoms with Crippen molar-refractivity contribution in [3.05, 3.63) is 23.8 Å². The van der Waals surface area contributed by atoms with Crippen molar-refractivity contribution < 1.29 is 23.8 Å². The van der Waals surface area contributed by atoms with Gasteiger partial charge in [0.25, 0.3) is 0 Å². The van der Waals surface area contributed by atoms with Crippen LogP contribution in [0.2, 0.25) is 0 Å². The van der Waals surface area contributed by atoms with Crippen LogP contribution >= 0.6 is 0 Å². The van der Waals surface area contributed by atoms with Crippen molar-refractivity contribution in [2.45, 2.75) is 13.8 Å². The zero-order chi connectivity index (χ0) is 13.8. The van der Waals surface area contributed by atoms with Gasteiger partial charge in [0.1, 0.15) is 19.1 Å². The topological polar surface area (TPSA) is 61.8 Å². The minimum Gasteiger partial charge on any atom is -0.486 e. The molecule has 0 radical (unpaired) electrons. The molecule has 2 rings (SSSR count). The Hall–Kier alpha value is -2.04. The molecule has 1 aromatic rings. The molecule has 1 aromatic carbocycles. The Morgan fingerprint density at radius 2 is 1.95 bits per heavy atom. The van der Waals surface area contributed by atoms with Crippen LogP contribution in [0, 0.1) is 5.92 Å². The first-order valence-corrected chi connectivity index (χ1v) is 6.24. The van der Waals surface area contributed by atoms with Crippen LogP contribution in [0.4, 0.5) is 0 Å². The van der Waals surface area contributed by atoms with E-state index in [9.17, 15) is 9.59 Å². The van der Waals surface area contributed by atoms with Gasteiger partial charge in [-0.3, -0.25) is 9.59 Å². The van der Waals surface area contributed by atoms with Crippen molar-refractivity contribution in [1.29, 1.82) is 0 Å². The maximum absolute atomic E-state index is 12.1. The fourth-order valence-electron chi connectivity index (χ4n) is 1.82. The van der Waals surface area contributed by atoms with Crippen molar-refractivity contribution in [2.24, 2.45) is 5.92 Å². The molecule has 0 N–H and O–H groups in total. The van der Waals surface area contributed by atoms with Gasteiger partial charge in [-0.2, -0.15) is 0 Å². The number of fused-ring (bicyclic) bond motifs is 1. The van der Waals surface area contributed by atoms with Crippen LogP contribution < -0.4 is 9.47 Å². The number of carbonyl (C=O) groups excluding carboxylic acids is 2. The van der Waals surface area contributed by atoms with Gasteiger partial charge in [0.05, 0.1) is 6.61 Å². The predicted molar refractivity (Wildman–Crippen MR) is 67.6 cm³/mol. The van der Waals surface area contributed by atoms with E-state index in [1.807, 2.05) is 0 Å². The van der Waals surface area contributed by atoms with Gasteiger partial charge in [-0.05, 0) is 32.0 Å².